The molecule has 1 saturated carbocycles. The SMILES string of the molecule is Cc1ccc2c(C3CCCCC3)c3n(c2c1)CCSc1ccccc1-3. The molecule has 1 aliphatic heterocycles. The Balaban J connectivity index is 1.85. The van der Waals surface area contributed by atoms with Crippen molar-refractivity contribution in [3.63, 3.8) is 0 Å². The molecule has 0 saturated heterocycles. The summed E-state index contributed by atoms with van der Waals surface area (Å²) in [5.74, 6) is 1.89. The molecule has 0 amide bonds. The number of aryl methyl sites for hydroxylation is 2. The lowest BCUT2D eigenvalue weighted by Crippen LogP contribution is -2.07. The van der Waals surface area contributed by atoms with Gasteiger partial charge in [0.2, 0.25) is 0 Å². The van der Waals surface area contributed by atoms with Gasteiger partial charge in [-0.3, -0.25) is 0 Å². The van der Waals surface area contributed by atoms with Gasteiger partial charge in [-0.05, 0) is 48.9 Å². The van der Waals surface area contributed by atoms with Crippen LogP contribution in [0.2, 0.25) is 0 Å². The van der Waals surface area contributed by atoms with E-state index in [-0.39, 0.29) is 0 Å². The first-order valence-corrected chi connectivity index (χ1v) is 10.7. The maximum atomic E-state index is 2.63. The molecule has 2 heterocycles. The maximum absolute atomic E-state index is 2.63. The highest BCUT2D eigenvalue weighted by atomic mass is 32.2. The number of aromatic nitrogens is 1. The van der Waals surface area contributed by atoms with Crippen LogP contribution in [0.3, 0.4) is 0 Å². The van der Waals surface area contributed by atoms with Crippen molar-refractivity contribution in [1.82, 2.24) is 4.57 Å². The third kappa shape index (κ3) is 2.54. The average molecular weight is 348 g/mol. The fourth-order valence-electron chi connectivity index (χ4n) is 4.85. The van der Waals surface area contributed by atoms with Crippen LogP contribution >= 0.6 is 11.8 Å². The zero-order chi connectivity index (χ0) is 16.8. The molecule has 2 heteroatoms. The van der Waals surface area contributed by atoms with E-state index in [4.69, 9.17) is 0 Å². The minimum absolute atomic E-state index is 0.728. The Morgan fingerprint density at radius 1 is 1.00 bits per heavy atom. The molecule has 0 bridgehead atoms. The van der Waals surface area contributed by atoms with Crippen molar-refractivity contribution >= 4 is 22.7 Å². The molecule has 0 atom stereocenters. The highest BCUT2D eigenvalue weighted by Crippen LogP contribution is 2.47. The molecule has 25 heavy (non-hydrogen) atoms. The van der Waals surface area contributed by atoms with Crippen molar-refractivity contribution in [3.8, 4) is 11.3 Å². The largest absolute Gasteiger partial charge is 0.339 e. The normalized spacial score (nSPS) is 18.0. The van der Waals surface area contributed by atoms with Crippen LogP contribution in [-0.4, -0.2) is 10.3 Å². The molecule has 0 N–H and O–H groups in total. The van der Waals surface area contributed by atoms with Crippen molar-refractivity contribution < 1.29 is 0 Å². The summed E-state index contributed by atoms with van der Waals surface area (Å²) < 4.78 is 2.63. The van der Waals surface area contributed by atoms with Crippen molar-refractivity contribution in [1.29, 1.82) is 0 Å². The van der Waals surface area contributed by atoms with Crippen LogP contribution in [0.25, 0.3) is 22.2 Å². The van der Waals surface area contributed by atoms with E-state index in [0.29, 0.717) is 0 Å². The second kappa shape index (κ2) is 6.25. The number of rotatable bonds is 1. The van der Waals surface area contributed by atoms with Crippen LogP contribution in [0.5, 0.6) is 0 Å². The summed E-state index contributed by atoms with van der Waals surface area (Å²) in [6, 6.07) is 16.2. The molecule has 1 nitrogen and oxygen atoms in total. The molecular weight excluding hydrogens is 322 g/mol. The Hall–Kier alpha value is -1.67. The van der Waals surface area contributed by atoms with Gasteiger partial charge in [-0.2, -0.15) is 0 Å². The van der Waals surface area contributed by atoms with E-state index < -0.39 is 0 Å². The van der Waals surface area contributed by atoms with Gasteiger partial charge in [-0.15, -0.1) is 11.8 Å². The van der Waals surface area contributed by atoms with Crippen molar-refractivity contribution in [2.24, 2.45) is 0 Å². The Morgan fingerprint density at radius 3 is 2.72 bits per heavy atom. The quantitative estimate of drug-likeness (QED) is 0.470. The first kappa shape index (κ1) is 15.6. The second-order valence-corrected chi connectivity index (χ2v) is 8.75. The standard InChI is InChI=1S/C23H25NS/c1-16-11-12-18-20(15-16)24-13-14-25-21-10-6-5-9-19(21)23(24)22(18)17-7-3-2-4-8-17/h5-6,9-12,15,17H,2-4,7-8,13-14H2,1H3. The highest BCUT2D eigenvalue weighted by molar-refractivity contribution is 7.99. The van der Waals surface area contributed by atoms with Crippen LogP contribution in [0.15, 0.2) is 47.4 Å². The predicted octanol–water partition coefficient (Wildman–Crippen LogP) is 6.77. The topological polar surface area (TPSA) is 4.93 Å². The molecule has 1 aromatic heterocycles. The fourth-order valence-corrected chi connectivity index (χ4v) is 5.84. The first-order valence-electron chi connectivity index (χ1n) is 9.68. The molecule has 128 valence electrons. The molecule has 2 aliphatic rings. The summed E-state index contributed by atoms with van der Waals surface area (Å²) in [5.41, 5.74) is 7.44. The van der Waals surface area contributed by atoms with E-state index in [9.17, 15) is 0 Å². The number of nitrogens with zero attached hydrogens (tertiary/aromatic N) is 1. The van der Waals surface area contributed by atoms with Crippen LogP contribution in [0.4, 0.5) is 0 Å². The van der Waals surface area contributed by atoms with Crippen LogP contribution in [0.1, 0.15) is 49.1 Å². The van der Waals surface area contributed by atoms with Crippen LogP contribution < -0.4 is 0 Å². The van der Waals surface area contributed by atoms with Gasteiger partial charge in [0.25, 0.3) is 0 Å². The monoisotopic (exact) mass is 347 g/mol. The molecule has 2 aromatic carbocycles. The fraction of sp³-hybridized carbons (Fsp3) is 0.391. The van der Waals surface area contributed by atoms with Crippen molar-refractivity contribution in [2.45, 2.75) is 56.4 Å². The third-order valence-electron chi connectivity index (χ3n) is 5.99. The summed E-state index contributed by atoms with van der Waals surface area (Å²) in [5, 5.41) is 1.51. The number of hydrogen-bond acceptors (Lipinski definition) is 1. The summed E-state index contributed by atoms with van der Waals surface area (Å²) in [6.07, 6.45) is 6.90. The predicted molar refractivity (Wildman–Crippen MR) is 109 cm³/mol. The van der Waals surface area contributed by atoms with Gasteiger partial charge < -0.3 is 4.57 Å². The van der Waals surface area contributed by atoms with Crippen molar-refractivity contribution in [2.75, 3.05) is 5.75 Å². The lowest BCUT2D eigenvalue weighted by Gasteiger charge is -2.23. The average Bonchev–Trinajstić information content (AvgIpc) is 2.84. The van der Waals surface area contributed by atoms with Gasteiger partial charge in [0.1, 0.15) is 0 Å². The van der Waals surface area contributed by atoms with Gasteiger partial charge in [-0.1, -0.05) is 49.6 Å². The minimum Gasteiger partial charge on any atom is -0.339 e. The lowest BCUT2D eigenvalue weighted by atomic mass is 9.82. The Kier molecular flexibility index (Phi) is 3.89. The summed E-state index contributed by atoms with van der Waals surface area (Å²) in [6.45, 7) is 3.33. The Bertz CT molecular complexity index is 931. The van der Waals surface area contributed by atoms with Gasteiger partial charge >= 0.3 is 0 Å². The molecule has 1 aliphatic carbocycles. The van der Waals surface area contributed by atoms with E-state index in [1.165, 1.54) is 64.7 Å². The zero-order valence-electron chi connectivity index (χ0n) is 14.9. The van der Waals surface area contributed by atoms with E-state index in [0.717, 1.165) is 18.2 Å². The van der Waals surface area contributed by atoms with Crippen LogP contribution in [-0.2, 0) is 6.54 Å². The molecule has 1 fully saturated rings. The van der Waals surface area contributed by atoms with Crippen LogP contribution in [0, 0.1) is 6.92 Å². The summed E-state index contributed by atoms with van der Waals surface area (Å²) in [4.78, 5) is 1.46. The first-order chi connectivity index (χ1) is 12.3. The van der Waals surface area contributed by atoms with Gasteiger partial charge in [0, 0.05) is 33.7 Å². The molecular formula is C23H25NS. The van der Waals surface area contributed by atoms with E-state index >= 15 is 0 Å². The number of fused-ring (bicyclic) bond motifs is 5. The Labute approximate surface area is 154 Å². The third-order valence-corrected chi connectivity index (χ3v) is 7.04. The minimum atomic E-state index is 0.728. The second-order valence-electron chi connectivity index (χ2n) is 7.61. The number of hydrogen-bond donors (Lipinski definition) is 0. The lowest BCUT2D eigenvalue weighted by molar-refractivity contribution is 0.445. The summed E-state index contributed by atoms with van der Waals surface area (Å²) >= 11 is 2.02. The van der Waals surface area contributed by atoms with E-state index in [1.807, 2.05) is 11.8 Å². The Morgan fingerprint density at radius 2 is 1.84 bits per heavy atom. The zero-order valence-corrected chi connectivity index (χ0v) is 15.7. The molecule has 5 rings (SSSR count). The number of thioether (sulfide) groups is 1. The highest BCUT2D eigenvalue weighted by Gasteiger charge is 2.28. The van der Waals surface area contributed by atoms with E-state index in [2.05, 4.69) is 54.0 Å². The number of benzene rings is 2. The van der Waals surface area contributed by atoms with Gasteiger partial charge in [-0.25, -0.2) is 0 Å². The maximum Gasteiger partial charge on any atom is 0.0538 e. The van der Waals surface area contributed by atoms with E-state index in [1.54, 1.807) is 5.56 Å². The summed E-state index contributed by atoms with van der Waals surface area (Å²) in [7, 11) is 0. The smallest absolute Gasteiger partial charge is 0.0538 e. The molecule has 0 unspecified atom stereocenters. The van der Waals surface area contributed by atoms with Crippen molar-refractivity contribution in [3.05, 3.63) is 53.6 Å². The van der Waals surface area contributed by atoms with Gasteiger partial charge in [0.15, 0.2) is 0 Å². The van der Waals surface area contributed by atoms with Gasteiger partial charge in [0.05, 0.1) is 5.69 Å². The molecule has 3 aromatic rings. The molecule has 0 spiro atoms. The molecule has 0 radical (unpaired) electrons.